The molecular weight excluding hydrogens is 144 g/mol. The van der Waals surface area contributed by atoms with E-state index in [1.54, 1.807) is 28.1 Å². The highest BCUT2D eigenvalue weighted by Crippen LogP contribution is 1.96. The first-order valence-electron chi connectivity index (χ1n) is 3.27. The van der Waals surface area contributed by atoms with Gasteiger partial charge in [-0.1, -0.05) is 0 Å². The van der Waals surface area contributed by atoms with Crippen molar-refractivity contribution in [3.8, 4) is 0 Å². The summed E-state index contributed by atoms with van der Waals surface area (Å²) in [5.41, 5.74) is 0. The number of hydrogen-bond donors (Lipinski definition) is 0. The highest BCUT2D eigenvalue weighted by Gasteiger charge is 1.84. The van der Waals surface area contributed by atoms with Crippen molar-refractivity contribution in [1.29, 1.82) is 0 Å². The van der Waals surface area contributed by atoms with E-state index in [0.29, 0.717) is 11.5 Å². The maximum Gasteiger partial charge on any atom is 0.128 e. The molecule has 0 saturated carbocycles. The van der Waals surface area contributed by atoms with E-state index in [0.717, 1.165) is 0 Å². The van der Waals surface area contributed by atoms with Crippen molar-refractivity contribution in [2.45, 2.75) is 13.8 Å². The van der Waals surface area contributed by atoms with E-state index in [-0.39, 0.29) is 0 Å². The zero-order valence-electron chi connectivity index (χ0n) is 7.38. The topological polar surface area (TPSA) is 27.7 Å². The van der Waals surface area contributed by atoms with Crippen LogP contribution in [0.4, 0.5) is 0 Å². The molecule has 0 aliphatic rings. The molecule has 0 amide bonds. The van der Waals surface area contributed by atoms with Crippen molar-refractivity contribution < 1.29 is 14.2 Å². The van der Waals surface area contributed by atoms with Gasteiger partial charge in [0.25, 0.3) is 0 Å². The quantitative estimate of drug-likeness (QED) is 0.586. The standard InChI is InChI=1S/C8H14O3/c1-7(9-3)5-11-6-8(2)10-4/h5-6H,1-4H3. The van der Waals surface area contributed by atoms with Crippen LogP contribution < -0.4 is 0 Å². The monoisotopic (exact) mass is 158 g/mol. The molecule has 0 N–H and O–H groups in total. The molecule has 0 unspecified atom stereocenters. The van der Waals surface area contributed by atoms with Crippen molar-refractivity contribution in [2.75, 3.05) is 14.2 Å². The van der Waals surface area contributed by atoms with E-state index in [2.05, 4.69) is 0 Å². The summed E-state index contributed by atoms with van der Waals surface area (Å²) in [6, 6.07) is 0. The maximum absolute atomic E-state index is 4.96. The van der Waals surface area contributed by atoms with Gasteiger partial charge in [-0.3, -0.25) is 0 Å². The van der Waals surface area contributed by atoms with Gasteiger partial charge in [-0.2, -0.15) is 0 Å². The minimum absolute atomic E-state index is 0.713. The van der Waals surface area contributed by atoms with Crippen LogP contribution in [-0.2, 0) is 14.2 Å². The normalized spacial score (nSPS) is 12.7. The minimum atomic E-state index is 0.713. The van der Waals surface area contributed by atoms with E-state index in [1.165, 1.54) is 12.5 Å². The van der Waals surface area contributed by atoms with E-state index in [1.807, 2.05) is 0 Å². The average molecular weight is 158 g/mol. The van der Waals surface area contributed by atoms with Gasteiger partial charge in [-0.25, -0.2) is 0 Å². The summed E-state index contributed by atoms with van der Waals surface area (Å²) >= 11 is 0. The highest BCUT2D eigenvalue weighted by atomic mass is 16.5. The van der Waals surface area contributed by atoms with Gasteiger partial charge in [0.2, 0.25) is 0 Å². The molecule has 3 nitrogen and oxygen atoms in total. The van der Waals surface area contributed by atoms with Crippen LogP contribution in [-0.4, -0.2) is 14.2 Å². The van der Waals surface area contributed by atoms with Crippen LogP contribution >= 0.6 is 0 Å². The van der Waals surface area contributed by atoms with Crippen LogP contribution in [0.1, 0.15) is 13.8 Å². The lowest BCUT2D eigenvalue weighted by atomic mass is 10.6. The van der Waals surface area contributed by atoms with Crippen LogP contribution in [0, 0.1) is 0 Å². The van der Waals surface area contributed by atoms with E-state index in [4.69, 9.17) is 14.2 Å². The summed E-state index contributed by atoms with van der Waals surface area (Å²) in [5.74, 6) is 1.43. The smallest absolute Gasteiger partial charge is 0.128 e. The van der Waals surface area contributed by atoms with Crippen molar-refractivity contribution >= 4 is 0 Å². The first-order valence-corrected chi connectivity index (χ1v) is 3.27. The molecule has 0 aromatic carbocycles. The summed E-state index contributed by atoms with van der Waals surface area (Å²) in [7, 11) is 3.17. The van der Waals surface area contributed by atoms with Gasteiger partial charge < -0.3 is 14.2 Å². The van der Waals surface area contributed by atoms with Crippen molar-refractivity contribution in [1.82, 2.24) is 0 Å². The SMILES string of the molecule is COC(C)=COC=C(C)OC. The molecule has 0 saturated heterocycles. The fourth-order valence-electron chi connectivity index (χ4n) is 0.322. The average Bonchev–Trinajstić information content (AvgIpc) is 2.04. The van der Waals surface area contributed by atoms with E-state index < -0.39 is 0 Å². The van der Waals surface area contributed by atoms with Crippen LogP contribution in [0.5, 0.6) is 0 Å². The lowest BCUT2D eigenvalue weighted by Gasteiger charge is -1.99. The zero-order valence-corrected chi connectivity index (χ0v) is 7.38. The molecule has 0 aromatic rings. The molecule has 0 heterocycles. The Kier molecular flexibility index (Phi) is 5.07. The Morgan fingerprint density at radius 2 is 1.27 bits per heavy atom. The molecule has 0 rings (SSSR count). The second-order valence-electron chi connectivity index (χ2n) is 2.00. The second kappa shape index (κ2) is 5.65. The lowest BCUT2D eigenvalue weighted by molar-refractivity contribution is 0.245. The largest absolute Gasteiger partial charge is 0.498 e. The summed E-state index contributed by atoms with van der Waals surface area (Å²) in [6.07, 6.45) is 3.00. The number of allylic oxidation sites excluding steroid dienone is 2. The molecule has 0 aliphatic heterocycles. The number of hydrogen-bond acceptors (Lipinski definition) is 3. The number of rotatable bonds is 4. The molecule has 3 heteroatoms. The molecule has 0 aromatic heterocycles. The Labute approximate surface area is 67.3 Å². The molecule has 0 fully saturated rings. The maximum atomic E-state index is 4.96. The molecule has 0 bridgehead atoms. The van der Waals surface area contributed by atoms with Crippen molar-refractivity contribution in [2.24, 2.45) is 0 Å². The lowest BCUT2D eigenvalue weighted by Crippen LogP contribution is -1.82. The third-order valence-corrected chi connectivity index (χ3v) is 1.11. The Morgan fingerprint density at radius 1 is 0.909 bits per heavy atom. The predicted molar refractivity (Wildman–Crippen MR) is 42.6 cm³/mol. The van der Waals surface area contributed by atoms with Crippen molar-refractivity contribution in [3.05, 3.63) is 24.0 Å². The minimum Gasteiger partial charge on any atom is -0.498 e. The van der Waals surface area contributed by atoms with Crippen LogP contribution in [0.3, 0.4) is 0 Å². The molecule has 0 spiro atoms. The Morgan fingerprint density at radius 3 is 1.55 bits per heavy atom. The van der Waals surface area contributed by atoms with E-state index >= 15 is 0 Å². The molecule has 11 heavy (non-hydrogen) atoms. The fraction of sp³-hybridized carbons (Fsp3) is 0.500. The fourth-order valence-corrected chi connectivity index (χ4v) is 0.322. The first kappa shape index (κ1) is 9.88. The predicted octanol–water partition coefficient (Wildman–Crippen LogP) is 2.02. The third-order valence-electron chi connectivity index (χ3n) is 1.11. The third kappa shape index (κ3) is 5.33. The second-order valence-corrected chi connectivity index (χ2v) is 2.00. The summed E-state index contributed by atoms with van der Waals surface area (Å²) in [6.45, 7) is 3.60. The zero-order chi connectivity index (χ0) is 8.69. The summed E-state index contributed by atoms with van der Waals surface area (Å²) < 4.78 is 14.6. The molecule has 0 atom stereocenters. The Hall–Kier alpha value is -1.12. The summed E-state index contributed by atoms with van der Waals surface area (Å²) in [4.78, 5) is 0. The highest BCUT2D eigenvalue weighted by molar-refractivity contribution is 4.86. The molecule has 0 radical (unpaired) electrons. The van der Waals surface area contributed by atoms with Gasteiger partial charge in [0, 0.05) is 0 Å². The van der Waals surface area contributed by atoms with Crippen LogP contribution in [0.2, 0.25) is 0 Å². The van der Waals surface area contributed by atoms with Gasteiger partial charge in [0.15, 0.2) is 0 Å². The van der Waals surface area contributed by atoms with Crippen LogP contribution in [0.25, 0.3) is 0 Å². The Balaban J connectivity index is 3.71. The molecule has 0 aliphatic carbocycles. The van der Waals surface area contributed by atoms with Crippen LogP contribution in [0.15, 0.2) is 24.0 Å². The summed E-state index contributed by atoms with van der Waals surface area (Å²) in [5, 5.41) is 0. The van der Waals surface area contributed by atoms with Gasteiger partial charge in [-0.05, 0) is 13.8 Å². The van der Waals surface area contributed by atoms with Gasteiger partial charge in [-0.15, -0.1) is 0 Å². The van der Waals surface area contributed by atoms with Gasteiger partial charge >= 0.3 is 0 Å². The number of methoxy groups -OCH3 is 2. The molecular formula is C8H14O3. The van der Waals surface area contributed by atoms with Gasteiger partial charge in [0.05, 0.1) is 14.2 Å². The van der Waals surface area contributed by atoms with Crippen molar-refractivity contribution in [3.63, 3.8) is 0 Å². The van der Waals surface area contributed by atoms with E-state index in [9.17, 15) is 0 Å². The first-order chi connectivity index (χ1) is 5.20. The number of ether oxygens (including phenoxy) is 3. The Bertz CT molecular complexity index is 141. The van der Waals surface area contributed by atoms with Gasteiger partial charge in [0.1, 0.15) is 24.0 Å². The molecule has 64 valence electrons.